The van der Waals surface area contributed by atoms with E-state index in [0.717, 1.165) is 12.2 Å². The Hall–Kier alpha value is -1.45. The van der Waals surface area contributed by atoms with Crippen LogP contribution in [0, 0.1) is 0 Å². The van der Waals surface area contributed by atoms with Gasteiger partial charge < -0.3 is 0 Å². The van der Waals surface area contributed by atoms with Crippen molar-refractivity contribution in [1.29, 1.82) is 0 Å². The minimum absolute atomic E-state index is 0.304. The van der Waals surface area contributed by atoms with Crippen LogP contribution in [0.25, 0.3) is 0 Å². The number of hydrogen-bond acceptors (Lipinski definition) is 3. The van der Waals surface area contributed by atoms with Gasteiger partial charge in [0.05, 0.1) is 0 Å². The van der Waals surface area contributed by atoms with Crippen molar-refractivity contribution in [3.8, 4) is 0 Å². The van der Waals surface area contributed by atoms with Crippen molar-refractivity contribution in [3.63, 3.8) is 0 Å². The summed E-state index contributed by atoms with van der Waals surface area (Å²) in [4.78, 5) is 0. The molecular weight excluding hydrogens is 140 g/mol. The van der Waals surface area contributed by atoms with E-state index in [1.165, 1.54) is 0 Å². The number of hydrogen-bond donors (Lipinski definition) is 1. The molecule has 0 saturated carbocycles. The lowest BCUT2D eigenvalue weighted by molar-refractivity contribution is 0.776. The Morgan fingerprint density at radius 3 is 3.09 bits per heavy atom. The van der Waals surface area contributed by atoms with Crippen molar-refractivity contribution < 1.29 is 0 Å². The summed E-state index contributed by atoms with van der Waals surface area (Å²) in [5, 5.41) is 13.8. The number of aromatic nitrogens is 4. The van der Waals surface area contributed by atoms with Gasteiger partial charge in [-0.3, -0.25) is 0 Å². The van der Waals surface area contributed by atoms with Gasteiger partial charge in [-0.05, 0) is 6.42 Å². The first-order valence-electron chi connectivity index (χ1n) is 3.53. The van der Waals surface area contributed by atoms with Gasteiger partial charge in [0, 0.05) is 5.92 Å². The predicted molar refractivity (Wildman–Crippen MR) is 39.8 cm³/mol. The highest BCUT2D eigenvalue weighted by Crippen LogP contribution is 2.19. The molecular formula is C7H8N4. The van der Waals surface area contributed by atoms with Crippen molar-refractivity contribution in [2.24, 2.45) is 0 Å². The molecule has 0 aliphatic heterocycles. The average Bonchev–Trinajstić information content (AvgIpc) is 2.58. The lowest BCUT2D eigenvalue weighted by Gasteiger charge is -2.06. The molecule has 0 radical (unpaired) electrons. The smallest absolute Gasteiger partial charge is 0.177 e. The van der Waals surface area contributed by atoms with Crippen LogP contribution in [0.4, 0.5) is 0 Å². The zero-order valence-electron chi connectivity index (χ0n) is 5.94. The molecule has 11 heavy (non-hydrogen) atoms. The molecule has 0 bridgehead atoms. The number of H-pyrrole nitrogens is 1. The number of aromatic amines is 1. The topological polar surface area (TPSA) is 54.5 Å². The lowest BCUT2D eigenvalue weighted by atomic mass is 10.0. The molecule has 1 aromatic heterocycles. The fourth-order valence-electron chi connectivity index (χ4n) is 1.10. The van der Waals surface area contributed by atoms with Gasteiger partial charge in [-0.25, -0.2) is 0 Å². The maximum atomic E-state index is 3.91. The SMILES string of the molecule is C1=CCC(c2nn[nH]n2)C=C1. The standard InChI is InChI=1S/C7H8N4/c1-2-4-6(5-3-1)7-8-10-11-9-7/h1-4,6H,5H2,(H,8,9,10,11). The van der Waals surface area contributed by atoms with E-state index in [1.54, 1.807) is 0 Å². The first-order chi connectivity index (χ1) is 5.47. The Morgan fingerprint density at radius 2 is 2.45 bits per heavy atom. The number of nitrogens with one attached hydrogen (secondary N) is 1. The van der Waals surface area contributed by atoms with E-state index in [2.05, 4.69) is 32.8 Å². The third-order valence-electron chi connectivity index (χ3n) is 1.67. The van der Waals surface area contributed by atoms with Crippen LogP contribution in [0.2, 0.25) is 0 Å². The monoisotopic (exact) mass is 148 g/mol. The third kappa shape index (κ3) is 1.19. The minimum atomic E-state index is 0.304. The first-order valence-corrected chi connectivity index (χ1v) is 3.53. The Morgan fingerprint density at radius 1 is 1.45 bits per heavy atom. The molecule has 0 saturated heterocycles. The van der Waals surface area contributed by atoms with E-state index in [1.807, 2.05) is 12.2 Å². The molecule has 0 aromatic carbocycles. The predicted octanol–water partition coefficient (Wildman–Crippen LogP) is 0.799. The van der Waals surface area contributed by atoms with Crippen LogP contribution in [0.1, 0.15) is 18.2 Å². The van der Waals surface area contributed by atoms with E-state index in [0.29, 0.717) is 5.92 Å². The van der Waals surface area contributed by atoms with Gasteiger partial charge in [-0.15, -0.1) is 10.2 Å². The summed E-state index contributed by atoms with van der Waals surface area (Å²) < 4.78 is 0. The van der Waals surface area contributed by atoms with Gasteiger partial charge in [0.2, 0.25) is 0 Å². The Balaban J connectivity index is 2.19. The Labute approximate surface area is 64.0 Å². The van der Waals surface area contributed by atoms with Crippen molar-refractivity contribution in [2.45, 2.75) is 12.3 Å². The van der Waals surface area contributed by atoms with Gasteiger partial charge in [0.15, 0.2) is 5.82 Å². The zero-order valence-corrected chi connectivity index (χ0v) is 5.94. The number of nitrogens with zero attached hydrogens (tertiary/aromatic N) is 3. The molecule has 1 aliphatic rings. The molecule has 56 valence electrons. The molecule has 0 spiro atoms. The van der Waals surface area contributed by atoms with E-state index >= 15 is 0 Å². The normalized spacial score (nSPS) is 22.4. The van der Waals surface area contributed by atoms with Crippen LogP contribution in [0.3, 0.4) is 0 Å². The molecule has 0 fully saturated rings. The van der Waals surface area contributed by atoms with Gasteiger partial charge in [-0.1, -0.05) is 29.5 Å². The fourth-order valence-corrected chi connectivity index (χ4v) is 1.10. The highest BCUT2D eigenvalue weighted by Gasteiger charge is 2.11. The van der Waals surface area contributed by atoms with Crippen LogP contribution in [0.5, 0.6) is 0 Å². The van der Waals surface area contributed by atoms with Gasteiger partial charge in [0.1, 0.15) is 0 Å². The molecule has 1 aliphatic carbocycles. The lowest BCUT2D eigenvalue weighted by Crippen LogP contribution is -1.98. The van der Waals surface area contributed by atoms with E-state index in [9.17, 15) is 0 Å². The molecule has 4 nitrogen and oxygen atoms in total. The van der Waals surface area contributed by atoms with Crippen LogP contribution in [0.15, 0.2) is 24.3 Å². The molecule has 1 heterocycles. The molecule has 1 aromatic rings. The van der Waals surface area contributed by atoms with E-state index in [-0.39, 0.29) is 0 Å². The summed E-state index contributed by atoms with van der Waals surface area (Å²) in [6, 6.07) is 0. The molecule has 1 atom stereocenters. The molecule has 1 N–H and O–H groups in total. The minimum Gasteiger partial charge on any atom is -0.177 e. The second-order valence-electron chi connectivity index (χ2n) is 2.43. The van der Waals surface area contributed by atoms with Crippen LogP contribution in [-0.2, 0) is 0 Å². The fraction of sp³-hybridized carbons (Fsp3) is 0.286. The van der Waals surface area contributed by atoms with Crippen LogP contribution < -0.4 is 0 Å². The number of rotatable bonds is 1. The maximum Gasteiger partial charge on any atom is 0.181 e. The highest BCUT2D eigenvalue weighted by molar-refractivity contribution is 5.18. The van der Waals surface area contributed by atoms with Gasteiger partial charge in [0.25, 0.3) is 0 Å². The summed E-state index contributed by atoms with van der Waals surface area (Å²) in [6.07, 6.45) is 9.17. The second kappa shape index (κ2) is 2.65. The van der Waals surface area contributed by atoms with Gasteiger partial charge >= 0.3 is 0 Å². The summed E-state index contributed by atoms with van der Waals surface area (Å²) in [5.74, 6) is 1.07. The maximum absolute atomic E-state index is 3.91. The molecule has 2 rings (SSSR count). The molecule has 1 unspecified atom stereocenters. The van der Waals surface area contributed by atoms with Gasteiger partial charge in [-0.2, -0.15) is 5.21 Å². The van der Waals surface area contributed by atoms with Crippen LogP contribution >= 0.6 is 0 Å². The Bertz CT molecular complexity index is 273. The van der Waals surface area contributed by atoms with Crippen LogP contribution in [-0.4, -0.2) is 20.6 Å². The highest BCUT2D eigenvalue weighted by atomic mass is 15.5. The third-order valence-corrected chi connectivity index (χ3v) is 1.67. The zero-order chi connectivity index (χ0) is 7.52. The van der Waals surface area contributed by atoms with E-state index < -0.39 is 0 Å². The van der Waals surface area contributed by atoms with Crippen molar-refractivity contribution >= 4 is 0 Å². The number of allylic oxidation sites excluding steroid dienone is 4. The van der Waals surface area contributed by atoms with Crippen molar-refractivity contribution in [1.82, 2.24) is 20.6 Å². The van der Waals surface area contributed by atoms with E-state index in [4.69, 9.17) is 0 Å². The summed E-state index contributed by atoms with van der Waals surface area (Å²) in [5.41, 5.74) is 0. The summed E-state index contributed by atoms with van der Waals surface area (Å²) in [6.45, 7) is 0. The summed E-state index contributed by atoms with van der Waals surface area (Å²) in [7, 11) is 0. The first kappa shape index (κ1) is 6.27. The number of tetrazole rings is 1. The average molecular weight is 148 g/mol. The summed E-state index contributed by atoms with van der Waals surface area (Å²) >= 11 is 0. The molecule has 0 amide bonds. The Kier molecular flexibility index (Phi) is 1.51. The van der Waals surface area contributed by atoms with Crippen molar-refractivity contribution in [3.05, 3.63) is 30.1 Å². The van der Waals surface area contributed by atoms with Crippen molar-refractivity contribution in [2.75, 3.05) is 0 Å². The largest absolute Gasteiger partial charge is 0.181 e. The molecule has 4 heteroatoms. The quantitative estimate of drug-likeness (QED) is 0.640. The second-order valence-corrected chi connectivity index (χ2v) is 2.43.